The topological polar surface area (TPSA) is 263 Å². The maximum Gasteiger partial charge on any atom is 0.187 e. The molecule has 0 saturated carbocycles. The zero-order valence-corrected chi connectivity index (χ0v) is 20.2. The predicted octanol–water partition coefficient (Wildman–Crippen LogP) is -6.17. The third kappa shape index (κ3) is 6.75. The summed E-state index contributed by atoms with van der Waals surface area (Å²) in [5.41, 5.74) is 5.49. The Morgan fingerprint density at radius 3 is 1.76 bits per heavy atom. The number of ether oxygens (including phenoxy) is 6. The molecule has 0 aromatic carbocycles. The first-order chi connectivity index (χ1) is 17.5. The molecular formula is C21H39NO15. The maximum atomic E-state index is 11.2. The van der Waals surface area contributed by atoms with Crippen LogP contribution in [-0.2, 0) is 28.4 Å². The molecule has 16 heteroatoms. The lowest BCUT2D eigenvalue weighted by molar-refractivity contribution is -0.385. The van der Waals surface area contributed by atoms with E-state index in [4.69, 9.17) is 34.2 Å². The monoisotopic (exact) mass is 545 g/mol. The van der Waals surface area contributed by atoms with Gasteiger partial charge >= 0.3 is 0 Å². The van der Waals surface area contributed by atoms with Gasteiger partial charge in [0.1, 0.15) is 67.1 Å². The molecule has 37 heavy (non-hydrogen) atoms. The van der Waals surface area contributed by atoms with E-state index < -0.39 is 105 Å². The van der Waals surface area contributed by atoms with Gasteiger partial charge in [0.25, 0.3) is 0 Å². The molecule has 3 aliphatic heterocycles. The van der Waals surface area contributed by atoms with Crippen molar-refractivity contribution in [2.24, 2.45) is 5.73 Å². The minimum atomic E-state index is -1.80. The average molecular weight is 546 g/mol. The number of hydrogen-bond acceptors (Lipinski definition) is 16. The minimum absolute atomic E-state index is 0.0654. The number of hydrogen-bond donors (Lipinski definition) is 10. The van der Waals surface area contributed by atoms with Crippen molar-refractivity contribution in [3.05, 3.63) is 0 Å². The summed E-state index contributed by atoms with van der Waals surface area (Å²) in [4.78, 5) is 0. The van der Waals surface area contributed by atoms with Crippen molar-refractivity contribution in [1.82, 2.24) is 0 Å². The third-order valence-electron chi connectivity index (χ3n) is 6.67. The van der Waals surface area contributed by atoms with Gasteiger partial charge in [-0.15, -0.1) is 0 Å². The number of nitrogens with two attached hydrogens (primary N) is 1. The lowest BCUT2D eigenvalue weighted by Gasteiger charge is -2.48. The van der Waals surface area contributed by atoms with Crippen LogP contribution in [0.2, 0.25) is 0 Å². The predicted molar refractivity (Wildman–Crippen MR) is 117 cm³/mol. The smallest absolute Gasteiger partial charge is 0.187 e. The highest BCUT2D eigenvalue weighted by Gasteiger charge is 2.53. The molecule has 0 aliphatic carbocycles. The van der Waals surface area contributed by atoms with Crippen molar-refractivity contribution in [2.45, 2.75) is 105 Å². The van der Waals surface area contributed by atoms with Crippen LogP contribution >= 0.6 is 0 Å². The first kappa shape index (κ1) is 30.9. The first-order valence-electron chi connectivity index (χ1n) is 12.1. The van der Waals surface area contributed by atoms with Crippen molar-refractivity contribution in [2.75, 3.05) is 26.4 Å². The Labute approximate surface area is 212 Å². The second kappa shape index (κ2) is 13.6. The highest BCUT2D eigenvalue weighted by molar-refractivity contribution is 4.96. The van der Waals surface area contributed by atoms with Gasteiger partial charge < -0.3 is 80.1 Å². The molecule has 218 valence electrons. The summed E-state index contributed by atoms with van der Waals surface area (Å²) in [6.07, 6.45) is -22.3. The fraction of sp³-hybridized carbons (Fsp3) is 1.00. The van der Waals surface area contributed by atoms with E-state index >= 15 is 0 Å². The van der Waals surface area contributed by atoms with Gasteiger partial charge in [-0.1, -0.05) is 0 Å². The summed E-state index contributed by atoms with van der Waals surface area (Å²) in [6, 6.07) is 0. The van der Waals surface area contributed by atoms with Crippen LogP contribution in [0, 0.1) is 0 Å². The van der Waals surface area contributed by atoms with E-state index in [2.05, 4.69) is 0 Å². The van der Waals surface area contributed by atoms with Crippen LogP contribution in [0.5, 0.6) is 0 Å². The van der Waals surface area contributed by atoms with E-state index in [0.29, 0.717) is 6.42 Å². The van der Waals surface area contributed by atoms with Crippen molar-refractivity contribution in [3.8, 4) is 0 Å². The van der Waals surface area contributed by atoms with Crippen LogP contribution < -0.4 is 5.73 Å². The van der Waals surface area contributed by atoms with E-state index in [0.717, 1.165) is 0 Å². The molecule has 3 heterocycles. The van der Waals surface area contributed by atoms with Gasteiger partial charge in [0.2, 0.25) is 0 Å². The summed E-state index contributed by atoms with van der Waals surface area (Å²) in [5, 5.41) is 91.4. The van der Waals surface area contributed by atoms with Gasteiger partial charge in [-0.3, -0.25) is 0 Å². The fourth-order valence-electron chi connectivity index (χ4n) is 4.39. The molecule has 0 bridgehead atoms. The normalized spacial score (nSPS) is 49.2. The second-order valence-corrected chi connectivity index (χ2v) is 9.31. The molecule has 0 aromatic heterocycles. The van der Waals surface area contributed by atoms with Gasteiger partial charge in [-0.2, -0.15) is 0 Å². The average Bonchev–Trinajstić information content (AvgIpc) is 2.89. The van der Waals surface area contributed by atoms with Gasteiger partial charge in [0, 0.05) is 0 Å². The van der Waals surface area contributed by atoms with Crippen LogP contribution in [-0.4, -0.2) is 164 Å². The third-order valence-corrected chi connectivity index (χ3v) is 6.67. The molecule has 16 nitrogen and oxygen atoms in total. The zero-order valence-electron chi connectivity index (χ0n) is 20.2. The van der Waals surface area contributed by atoms with Crippen molar-refractivity contribution in [1.29, 1.82) is 0 Å². The van der Waals surface area contributed by atoms with E-state index in [1.807, 2.05) is 0 Å². The summed E-state index contributed by atoms with van der Waals surface area (Å²) in [7, 11) is 0. The largest absolute Gasteiger partial charge is 0.394 e. The Hall–Kier alpha value is -0.640. The summed E-state index contributed by atoms with van der Waals surface area (Å²) in [5.74, 6) is 0. The van der Waals surface area contributed by atoms with Crippen molar-refractivity contribution in [3.63, 3.8) is 0 Å². The molecule has 0 radical (unpaired) electrons. The van der Waals surface area contributed by atoms with E-state index in [9.17, 15) is 46.0 Å². The Kier molecular flexibility index (Phi) is 11.4. The van der Waals surface area contributed by atoms with Gasteiger partial charge in [0.05, 0.1) is 25.9 Å². The summed E-state index contributed by atoms with van der Waals surface area (Å²) >= 11 is 0. The molecule has 15 atom stereocenters. The molecule has 3 aliphatic rings. The Bertz CT molecular complexity index is 690. The van der Waals surface area contributed by atoms with Crippen LogP contribution in [0.1, 0.15) is 13.3 Å². The fourth-order valence-corrected chi connectivity index (χ4v) is 4.39. The van der Waals surface area contributed by atoms with Gasteiger partial charge in [-0.25, -0.2) is 0 Å². The molecule has 0 amide bonds. The van der Waals surface area contributed by atoms with Gasteiger partial charge in [-0.05, 0) is 19.9 Å². The SMILES string of the molecule is C[C@@H]1O[C@@H](O[C@H]2[C@H](OCCCN)O[C@H](CO)[C@H](O[C@H]3O[C@H](CO)[C@H](O)[C@H](O)[C@H]3O)[C@@H]2O)[C@@H](O)[C@H](O)[C@@H]1O. The van der Waals surface area contributed by atoms with Crippen LogP contribution in [0.3, 0.4) is 0 Å². The number of aliphatic hydroxyl groups excluding tert-OH is 9. The molecule has 0 unspecified atom stereocenters. The molecule has 3 rings (SSSR count). The van der Waals surface area contributed by atoms with Crippen molar-refractivity contribution >= 4 is 0 Å². The molecule has 11 N–H and O–H groups in total. The first-order valence-corrected chi connectivity index (χ1v) is 12.1. The Morgan fingerprint density at radius 2 is 1.16 bits per heavy atom. The quantitative estimate of drug-likeness (QED) is 0.114. The molecule has 0 aromatic rings. The maximum absolute atomic E-state index is 11.2. The highest BCUT2D eigenvalue weighted by atomic mass is 16.8. The van der Waals surface area contributed by atoms with Crippen LogP contribution in [0.15, 0.2) is 0 Å². The number of rotatable bonds is 10. The Morgan fingerprint density at radius 1 is 0.622 bits per heavy atom. The zero-order chi connectivity index (χ0) is 27.4. The van der Waals surface area contributed by atoms with E-state index in [1.54, 1.807) is 0 Å². The van der Waals surface area contributed by atoms with E-state index in [1.165, 1.54) is 6.92 Å². The van der Waals surface area contributed by atoms with Crippen LogP contribution in [0.25, 0.3) is 0 Å². The lowest BCUT2D eigenvalue weighted by atomic mass is 9.96. The molecule has 3 fully saturated rings. The van der Waals surface area contributed by atoms with Gasteiger partial charge in [0.15, 0.2) is 18.9 Å². The van der Waals surface area contributed by atoms with Crippen LogP contribution in [0.4, 0.5) is 0 Å². The Balaban J connectivity index is 1.82. The highest BCUT2D eigenvalue weighted by Crippen LogP contribution is 2.33. The summed E-state index contributed by atoms with van der Waals surface area (Å²) in [6.45, 7) is 0.359. The molecule has 0 spiro atoms. The molecular weight excluding hydrogens is 506 g/mol. The van der Waals surface area contributed by atoms with Crippen molar-refractivity contribution < 1.29 is 74.4 Å². The van der Waals surface area contributed by atoms with E-state index in [-0.39, 0.29) is 13.2 Å². The summed E-state index contributed by atoms with van der Waals surface area (Å²) < 4.78 is 33.5. The standard InChI is InChI=1S/C21H39NO15/c1-7-10(25)12(27)14(29)19(33-7)37-18-16(31)17(9(6-24)35-21(18)32-4-2-3-22)36-20-15(30)13(28)11(26)8(5-23)34-20/h7-21,23-31H,2-6,22H2,1H3/t7-,8+,9+,10+,11-,12+,13-,14-,15+,16-,17-,18+,19-,20+,21+/m0/s1. The second-order valence-electron chi connectivity index (χ2n) is 9.31. The molecule has 3 saturated heterocycles. The number of aliphatic hydroxyl groups is 9. The lowest BCUT2D eigenvalue weighted by Crippen LogP contribution is -2.66. The minimum Gasteiger partial charge on any atom is -0.394 e.